The van der Waals surface area contributed by atoms with Gasteiger partial charge in [0.25, 0.3) is 0 Å². The van der Waals surface area contributed by atoms with E-state index in [9.17, 15) is 0 Å². The van der Waals surface area contributed by atoms with Crippen molar-refractivity contribution in [3.8, 4) is 6.07 Å². The molecular weight excluding hydrogens is 240 g/mol. The molecule has 0 bridgehead atoms. The molecule has 19 heavy (non-hydrogen) atoms. The molecule has 1 aromatic heterocycles. The molecule has 0 spiro atoms. The molecule has 96 valence electrons. The maximum absolute atomic E-state index is 8.96. The normalized spacial score (nSPS) is 9.95. The highest BCUT2D eigenvalue weighted by Crippen LogP contribution is 2.08. The summed E-state index contributed by atoms with van der Waals surface area (Å²) in [6.45, 7) is 2.43. The standard InChI is InChI=1S/C14H14N4O/c1-10-6-13(7-15)18-14(17-10)16-8-11-2-4-12(9-19)5-3-11/h2-6,19H,8-9H2,1H3,(H,16,17,18). The lowest BCUT2D eigenvalue weighted by atomic mass is 10.1. The molecule has 2 rings (SSSR count). The van der Waals surface area contributed by atoms with E-state index in [4.69, 9.17) is 10.4 Å². The topological polar surface area (TPSA) is 81.8 Å². The van der Waals surface area contributed by atoms with Gasteiger partial charge in [-0.1, -0.05) is 24.3 Å². The molecule has 2 N–H and O–H groups in total. The van der Waals surface area contributed by atoms with E-state index in [2.05, 4.69) is 15.3 Å². The molecule has 0 aliphatic carbocycles. The van der Waals surface area contributed by atoms with Crippen LogP contribution in [0.5, 0.6) is 0 Å². The fourth-order valence-electron chi connectivity index (χ4n) is 1.65. The zero-order valence-electron chi connectivity index (χ0n) is 10.6. The van der Waals surface area contributed by atoms with E-state index in [-0.39, 0.29) is 6.61 Å². The third kappa shape index (κ3) is 3.50. The van der Waals surface area contributed by atoms with Crippen LogP contribution in [0, 0.1) is 18.3 Å². The number of rotatable bonds is 4. The number of aliphatic hydroxyl groups excluding tert-OH is 1. The van der Waals surface area contributed by atoms with Crippen molar-refractivity contribution in [3.05, 3.63) is 52.8 Å². The molecule has 0 aliphatic rings. The van der Waals surface area contributed by atoms with Crippen molar-refractivity contribution in [2.75, 3.05) is 5.32 Å². The maximum Gasteiger partial charge on any atom is 0.224 e. The molecule has 0 saturated carbocycles. The minimum absolute atomic E-state index is 0.0419. The van der Waals surface area contributed by atoms with Gasteiger partial charge in [0, 0.05) is 12.2 Å². The van der Waals surface area contributed by atoms with Gasteiger partial charge in [0.2, 0.25) is 5.95 Å². The van der Waals surface area contributed by atoms with Crippen LogP contribution < -0.4 is 5.32 Å². The van der Waals surface area contributed by atoms with Crippen LogP contribution in [0.25, 0.3) is 0 Å². The number of aliphatic hydroxyl groups is 1. The molecule has 0 aliphatic heterocycles. The predicted molar refractivity (Wildman–Crippen MR) is 71.2 cm³/mol. The first-order valence-electron chi connectivity index (χ1n) is 5.89. The third-order valence-corrected chi connectivity index (χ3v) is 2.62. The molecule has 0 saturated heterocycles. The lowest BCUT2D eigenvalue weighted by Gasteiger charge is -2.06. The summed E-state index contributed by atoms with van der Waals surface area (Å²) >= 11 is 0. The van der Waals surface area contributed by atoms with Crippen molar-refractivity contribution in [2.45, 2.75) is 20.1 Å². The van der Waals surface area contributed by atoms with Gasteiger partial charge in [-0.15, -0.1) is 0 Å². The van der Waals surface area contributed by atoms with E-state index < -0.39 is 0 Å². The SMILES string of the molecule is Cc1cc(C#N)nc(NCc2ccc(CO)cc2)n1. The summed E-state index contributed by atoms with van der Waals surface area (Å²) in [5.74, 6) is 0.447. The van der Waals surface area contributed by atoms with E-state index in [0.29, 0.717) is 18.2 Å². The maximum atomic E-state index is 8.96. The fourth-order valence-corrected chi connectivity index (χ4v) is 1.65. The molecule has 0 unspecified atom stereocenters. The lowest BCUT2D eigenvalue weighted by Crippen LogP contribution is -2.05. The van der Waals surface area contributed by atoms with Gasteiger partial charge in [-0.05, 0) is 24.1 Å². The largest absolute Gasteiger partial charge is 0.392 e. The zero-order valence-corrected chi connectivity index (χ0v) is 10.6. The number of aromatic nitrogens is 2. The zero-order chi connectivity index (χ0) is 13.7. The highest BCUT2D eigenvalue weighted by molar-refractivity contribution is 5.34. The highest BCUT2D eigenvalue weighted by Gasteiger charge is 2.01. The fraction of sp³-hybridized carbons (Fsp3) is 0.214. The first kappa shape index (κ1) is 13.0. The van der Waals surface area contributed by atoms with Crippen LogP contribution in [0.1, 0.15) is 22.5 Å². The van der Waals surface area contributed by atoms with Crippen molar-refractivity contribution in [1.82, 2.24) is 9.97 Å². The number of hydrogen-bond donors (Lipinski definition) is 2. The summed E-state index contributed by atoms with van der Waals surface area (Å²) < 4.78 is 0. The number of hydrogen-bond acceptors (Lipinski definition) is 5. The number of aryl methyl sites for hydroxylation is 1. The van der Waals surface area contributed by atoms with Gasteiger partial charge < -0.3 is 10.4 Å². The molecule has 0 atom stereocenters. The number of nitrogens with one attached hydrogen (secondary N) is 1. The quantitative estimate of drug-likeness (QED) is 0.868. The van der Waals surface area contributed by atoms with Crippen molar-refractivity contribution >= 4 is 5.95 Å². The van der Waals surface area contributed by atoms with Crippen molar-refractivity contribution in [2.24, 2.45) is 0 Å². The Bertz CT molecular complexity index is 602. The van der Waals surface area contributed by atoms with Crippen LogP contribution in [-0.4, -0.2) is 15.1 Å². The summed E-state index contributed by atoms with van der Waals surface area (Å²) in [6, 6.07) is 11.2. The van der Waals surface area contributed by atoms with Crippen LogP contribution in [0.15, 0.2) is 30.3 Å². The third-order valence-electron chi connectivity index (χ3n) is 2.62. The molecule has 2 aromatic rings. The van der Waals surface area contributed by atoms with Crippen molar-refractivity contribution < 1.29 is 5.11 Å². The summed E-state index contributed by atoms with van der Waals surface area (Å²) in [7, 11) is 0. The van der Waals surface area contributed by atoms with E-state index in [1.807, 2.05) is 37.3 Å². The minimum Gasteiger partial charge on any atom is -0.392 e. The first-order chi connectivity index (χ1) is 9.21. The first-order valence-corrected chi connectivity index (χ1v) is 5.89. The lowest BCUT2D eigenvalue weighted by molar-refractivity contribution is 0.282. The number of anilines is 1. The molecular formula is C14H14N4O. The van der Waals surface area contributed by atoms with E-state index in [1.54, 1.807) is 6.07 Å². The molecule has 0 amide bonds. The Morgan fingerprint density at radius 3 is 2.53 bits per heavy atom. The predicted octanol–water partition coefficient (Wildman–Crippen LogP) is 1.76. The van der Waals surface area contributed by atoms with Crippen LogP contribution in [0.2, 0.25) is 0 Å². The highest BCUT2D eigenvalue weighted by atomic mass is 16.3. The second kappa shape index (κ2) is 5.94. The van der Waals surface area contributed by atoms with Gasteiger partial charge in [0.05, 0.1) is 6.61 Å². The van der Waals surface area contributed by atoms with Gasteiger partial charge in [-0.2, -0.15) is 5.26 Å². The smallest absolute Gasteiger partial charge is 0.224 e. The minimum atomic E-state index is 0.0419. The average Bonchev–Trinajstić information content (AvgIpc) is 2.45. The number of nitrogens with zero attached hydrogens (tertiary/aromatic N) is 3. The Kier molecular flexibility index (Phi) is 4.06. The van der Waals surface area contributed by atoms with E-state index in [0.717, 1.165) is 16.8 Å². The second-order valence-corrected chi connectivity index (χ2v) is 4.16. The number of benzene rings is 1. The summed E-state index contributed by atoms with van der Waals surface area (Å²) in [5.41, 5.74) is 3.04. The van der Waals surface area contributed by atoms with Crippen LogP contribution in [0.4, 0.5) is 5.95 Å². The molecule has 5 nitrogen and oxygen atoms in total. The van der Waals surface area contributed by atoms with Gasteiger partial charge in [-0.3, -0.25) is 0 Å². The van der Waals surface area contributed by atoms with Gasteiger partial charge in [-0.25, -0.2) is 9.97 Å². The number of nitriles is 1. The summed E-state index contributed by atoms with van der Waals surface area (Å²) in [6.07, 6.45) is 0. The van der Waals surface area contributed by atoms with Crippen LogP contribution in [0.3, 0.4) is 0 Å². The Morgan fingerprint density at radius 1 is 1.21 bits per heavy atom. The Hall–Kier alpha value is -2.45. The van der Waals surface area contributed by atoms with E-state index in [1.165, 1.54) is 0 Å². The van der Waals surface area contributed by atoms with Crippen molar-refractivity contribution in [3.63, 3.8) is 0 Å². The average molecular weight is 254 g/mol. The molecule has 0 fully saturated rings. The Labute approximate surface area is 111 Å². The second-order valence-electron chi connectivity index (χ2n) is 4.16. The van der Waals surface area contributed by atoms with Gasteiger partial charge in [0.15, 0.2) is 0 Å². The van der Waals surface area contributed by atoms with Crippen LogP contribution >= 0.6 is 0 Å². The molecule has 1 aromatic carbocycles. The summed E-state index contributed by atoms with van der Waals surface area (Å²) in [5, 5.41) is 20.9. The van der Waals surface area contributed by atoms with Crippen molar-refractivity contribution in [1.29, 1.82) is 5.26 Å². The van der Waals surface area contributed by atoms with Crippen LogP contribution in [-0.2, 0) is 13.2 Å². The van der Waals surface area contributed by atoms with Gasteiger partial charge >= 0.3 is 0 Å². The molecule has 5 heteroatoms. The Balaban J connectivity index is 2.05. The molecule has 1 heterocycles. The Morgan fingerprint density at radius 2 is 1.89 bits per heavy atom. The molecule has 0 radical (unpaired) electrons. The summed E-state index contributed by atoms with van der Waals surface area (Å²) in [4.78, 5) is 8.29. The van der Waals surface area contributed by atoms with E-state index >= 15 is 0 Å². The monoisotopic (exact) mass is 254 g/mol. The van der Waals surface area contributed by atoms with Gasteiger partial charge in [0.1, 0.15) is 11.8 Å².